The van der Waals surface area contributed by atoms with Gasteiger partial charge in [0.15, 0.2) is 0 Å². The third-order valence-corrected chi connectivity index (χ3v) is 2.28. The SMILES string of the molecule is COC(=O)C(N)CN(C)CC1CC1. The molecule has 0 bridgehead atoms. The molecule has 1 aliphatic rings. The summed E-state index contributed by atoms with van der Waals surface area (Å²) in [5, 5.41) is 0. The highest BCUT2D eigenvalue weighted by Gasteiger charge is 2.24. The van der Waals surface area contributed by atoms with Gasteiger partial charge < -0.3 is 15.4 Å². The van der Waals surface area contributed by atoms with E-state index in [0.717, 1.165) is 12.5 Å². The molecular formula is C9H18N2O2. The van der Waals surface area contributed by atoms with E-state index in [1.807, 2.05) is 7.05 Å². The Morgan fingerprint density at radius 2 is 2.31 bits per heavy atom. The molecule has 1 rings (SSSR count). The number of nitrogens with zero attached hydrogens (tertiary/aromatic N) is 1. The number of carbonyl (C=O) groups excluding carboxylic acids is 1. The van der Waals surface area contributed by atoms with Crippen molar-refractivity contribution in [1.29, 1.82) is 0 Å². The molecule has 0 saturated heterocycles. The average Bonchev–Trinajstić information content (AvgIpc) is 2.86. The predicted octanol–water partition coefficient (Wildman–Crippen LogP) is -0.171. The maximum atomic E-state index is 11.0. The molecule has 0 amide bonds. The number of hydrogen-bond donors (Lipinski definition) is 1. The van der Waals surface area contributed by atoms with Crippen LogP contribution in [-0.4, -0.2) is 44.2 Å². The molecule has 0 spiro atoms. The zero-order valence-corrected chi connectivity index (χ0v) is 8.32. The lowest BCUT2D eigenvalue weighted by Gasteiger charge is -2.19. The van der Waals surface area contributed by atoms with Crippen molar-refractivity contribution < 1.29 is 9.53 Å². The molecule has 1 saturated carbocycles. The summed E-state index contributed by atoms with van der Waals surface area (Å²) < 4.78 is 4.54. The topological polar surface area (TPSA) is 55.6 Å². The van der Waals surface area contributed by atoms with Crippen molar-refractivity contribution in [3.8, 4) is 0 Å². The number of esters is 1. The predicted molar refractivity (Wildman–Crippen MR) is 50.2 cm³/mol. The summed E-state index contributed by atoms with van der Waals surface area (Å²) in [4.78, 5) is 13.1. The van der Waals surface area contributed by atoms with E-state index in [4.69, 9.17) is 5.73 Å². The fourth-order valence-electron chi connectivity index (χ4n) is 1.38. The summed E-state index contributed by atoms with van der Waals surface area (Å²) in [7, 11) is 3.35. The van der Waals surface area contributed by atoms with Crippen molar-refractivity contribution in [1.82, 2.24) is 4.90 Å². The van der Waals surface area contributed by atoms with Gasteiger partial charge in [0.2, 0.25) is 0 Å². The lowest BCUT2D eigenvalue weighted by Crippen LogP contribution is -2.42. The van der Waals surface area contributed by atoms with E-state index >= 15 is 0 Å². The molecule has 1 aliphatic carbocycles. The van der Waals surface area contributed by atoms with Gasteiger partial charge >= 0.3 is 5.97 Å². The second-order valence-corrected chi connectivity index (χ2v) is 3.79. The quantitative estimate of drug-likeness (QED) is 0.606. The van der Waals surface area contributed by atoms with Gasteiger partial charge in [-0.25, -0.2) is 0 Å². The Labute approximate surface area is 79.0 Å². The number of rotatable bonds is 5. The highest BCUT2D eigenvalue weighted by molar-refractivity contribution is 5.75. The van der Waals surface area contributed by atoms with Crippen molar-refractivity contribution in [3.05, 3.63) is 0 Å². The molecule has 0 heterocycles. The van der Waals surface area contributed by atoms with Crippen LogP contribution >= 0.6 is 0 Å². The Bertz CT molecular complexity index is 180. The number of nitrogens with two attached hydrogens (primary N) is 1. The van der Waals surface area contributed by atoms with Gasteiger partial charge in [-0.15, -0.1) is 0 Å². The van der Waals surface area contributed by atoms with Gasteiger partial charge in [-0.05, 0) is 25.8 Å². The largest absolute Gasteiger partial charge is 0.468 e. The average molecular weight is 186 g/mol. The van der Waals surface area contributed by atoms with Gasteiger partial charge in [0.1, 0.15) is 6.04 Å². The summed E-state index contributed by atoms with van der Waals surface area (Å²) in [6.45, 7) is 1.63. The van der Waals surface area contributed by atoms with Crippen LogP contribution in [0.3, 0.4) is 0 Å². The maximum absolute atomic E-state index is 11.0. The van der Waals surface area contributed by atoms with Crippen LogP contribution in [0.4, 0.5) is 0 Å². The third-order valence-electron chi connectivity index (χ3n) is 2.28. The Morgan fingerprint density at radius 1 is 1.69 bits per heavy atom. The lowest BCUT2D eigenvalue weighted by atomic mass is 10.3. The first-order valence-electron chi connectivity index (χ1n) is 4.65. The Balaban J connectivity index is 2.17. The molecule has 1 atom stereocenters. The van der Waals surface area contributed by atoms with Gasteiger partial charge in [0.25, 0.3) is 0 Å². The molecule has 13 heavy (non-hydrogen) atoms. The molecule has 0 aromatic carbocycles. The third kappa shape index (κ3) is 3.74. The first-order valence-corrected chi connectivity index (χ1v) is 4.65. The second-order valence-electron chi connectivity index (χ2n) is 3.79. The van der Waals surface area contributed by atoms with E-state index in [0.29, 0.717) is 6.54 Å². The monoisotopic (exact) mass is 186 g/mol. The van der Waals surface area contributed by atoms with Gasteiger partial charge in [-0.2, -0.15) is 0 Å². The number of methoxy groups -OCH3 is 1. The van der Waals surface area contributed by atoms with E-state index < -0.39 is 6.04 Å². The van der Waals surface area contributed by atoms with Gasteiger partial charge in [0.05, 0.1) is 7.11 Å². The zero-order valence-electron chi connectivity index (χ0n) is 8.32. The first-order chi connectivity index (χ1) is 6.13. The number of hydrogen-bond acceptors (Lipinski definition) is 4. The van der Waals surface area contributed by atoms with Crippen LogP contribution < -0.4 is 5.73 Å². The molecule has 2 N–H and O–H groups in total. The summed E-state index contributed by atoms with van der Waals surface area (Å²) in [6.07, 6.45) is 2.63. The summed E-state index contributed by atoms with van der Waals surface area (Å²) in [5.74, 6) is 0.498. The molecule has 0 aromatic rings. The summed E-state index contributed by atoms with van der Waals surface area (Å²) >= 11 is 0. The van der Waals surface area contributed by atoms with E-state index in [9.17, 15) is 4.79 Å². The van der Waals surface area contributed by atoms with Crippen LogP contribution in [0.5, 0.6) is 0 Å². The Hall–Kier alpha value is -0.610. The van der Waals surface area contributed by atoms with Gasteiger partial charge in [-0.3, -0.25) is 4.79 Å². The van der Waals surface area contributed by atoms with Crippen LogP contribution in [0.1, 0.15) is 12.8 Å². The minimum atomic E-state index is -0.506. The Kier molecular flexibility index (Phi) is 3.69. The molecule has 1 fully saturated rings. The highest BCUT2D eigenvalue weighted by atomic mass is 16.5. The van der Waals surface area contributed by atoms with Crippen LogP contribution in [0.15, 0.2) is 0 Å². The minimum Gasteiger partial charge on any atom is -0.468 e. The van der Waals surface area contributed by atoms with E-state index in [1.165, 1.54) is 20.0 Å². The van der Waals surface area contributed by atoms with Crippen LogP contribution in [-0.2, 0) is 9.53 Å². The summed E-state index contributed by atoms with van der Waals surface area (Å²) in [5.41, 5.74) is 5.61. The highest BCUT2D eigenvalue weighted by Crippen LogP contribution is 2.29. The first kappa shape index (κ1) is 10.5. The maximum Gasteiger partial charge on any atom is 0.323 e. The van der Waals surface area contributed by atoms with Crippen LogP contribution in [0.25, 0.3) is 0 Å². The molecule has 0 radical (unpaired) electrons. The van der Waals surface area contributed by atoms with Crippen LogP contribution in [0, 0.1) is 5.92 Å². The van der Waals surface area contributed by atoms with Gasteiger partial charge in [0, 0.05) is 13.1 Å². The molecule has 1 unspecified atom stereocenters. The molecule has 0 aliphatic heterocycles. The lowest BCUT2D eigenvalue weighted by molar-refractivity contribution is -0.142. The van der Waals surface area contributed by atoms with E-state index in [1.54, 1.807) is 0 Å². The molecule has 4 heteroatoms. The van der Waals surface area contributed by atoms with Crippen molar-refractivity contribution in [2.45, 2.75) is 18.9 Å². The molecule has 4 nitrogen and oxygen atoms in total. The number of likely N-dealkylation sites (N-methyl/N-ethyl adjacent to an activating group) is 1. The Morgan fingerprint density at radius 3 is 2.77 bits per heavy atom. The fourth-order valence-corrected chi connectivity index (χ4v) is 1.38. The molecular weight excluding hydrogens is 168 g/mol. The normalized spacial score (nSPS) is 18.8. The minimum absolute atomic E-state index is 0.331. The smallest absolute Gasteiger partial charge is 0.323 e. The van der Waals surface area contributed by atoms with Crippen molar-refractivity contribution in [2.24, 2.45) is 11.7 Å². The van der Waals surface area contributed by atoms with Crippen LogP contribution in [0.2, 0.25) is 0 Å². The van der Waals surface area contributed by atoms with E-state index in [2.05, 4.69) is 9.64 Å². The molecule has 76 valence electrons. The second kappa shape index (κ2) is 4.58. The fraction of sp³-hybridized carbons (Fsp3) is 0.889. The van der Waals surface area contributed by atoms with Crippen molar-refractivity contribution in [3.63, 3.8) is 0 Å². The standard InChI is InChI=1S/C9H18N2O2/c1-11(5-7-3-4-7)6-8(10)9(12)13-2/h7-8H,3-6,10H2,1-2H3. The number of ether oxygens (including phenoxy) is 1. The van der Waals surface area contributed by atoms with Gasteiger partial charge in [-0.1, -0.05) is 0 Å². The van der Waals surface area contributed by atoms with E-state index in [-0.39, 0.29) is 5.97 Å². The zero-order chi connectivity index (χ0) is 9.84. The molecule has 0 aromatic heterocycles. The van der Waals surface area contributed by atoms with Crippen molar-refractivity contribution in [2.75, 3.05) is 27.2 Å². The summed E-state index contributed by atoms with van der Waals surface area (Å²) in [6, 6.07) is -0.506. The number of carbonyl (C=O) groups is 1. The van der Waals surface area contributed by atoms with Crippen molar-refractivity contribution >= 4 is 5.97 Å².